The molecular formula is C26H31ClN4O6S2. The van der Waals surface area contributed by atoms with E-state index in [1.807, 2.05) is 30.5 Å². The third kappa shape index (κ3) is 6.36. The van der Waals surface area contributed by atoms with Gasteiger partial charge in [0.15, 0.2) is 4.80 Å². The normalized spacial score (nSPS) is 15.2. The molecule has 0 spiro atoms. The van der Waals surface area contributed by atoms with E-state index in [0.29, 0.717) is 29.6 Å². The largest absolute Gasteiger partial charge is 0.450 e. The highest BCUT2D eigenvalue weighted by Crippen LogP contribution is 2.27. The van der Waals surface area contributed by atoms with Gasteiger partial charge in [0.05, 0.1) is 28.3 Å². The fourth-order valence-electron chi connectivity index (χ4n) is 4.30. The first-order valence-electron chi connectivity index (χ1n) is 12.6. The molecule has 0 unspecified atom stereocenters. The topological polar surface area (TPSA) is 111 Å². The second kappa shape index (κ2) is 12.6. The average molecular weight is 595 g/mol. The van der Waals surface area contributed by atoms with Crippen LogP contribution in [0.4, 0.5) is 4.79 Å². The number of thiazole rings is 1. The molecule has 1 aromatic heterocycles. The van der Waals surface area contributed by atoms with Crippen LogP contribution in [-0.4, -0.2) is 80.2 Å². The second-order valence-corrected chi connectivity index (χ2v) is 12.1. The molecule has 39 heavy (non-hydrogen) atoms. The summed E-state index contributed by atoms with van der Waals surface area (Å²) >= 11 is 7.74. The summed E-state index contributed by atoms with van der Waals surface area (Å²) in [6.45, 7) is 8.17. The van der Waals surface area contributed by atoms with Gasteiger partial charge in [0.2, 0.25) is 10.0 Å². The Hall–Kier alpha value is -2.77. The Labute approximate surface area is 236 Å². The Morgan fingerprint density at radius 1 is 1.03 bits per heavy atom. The van der Waals surface area contributed by atoms with Crippen molar-refractivity contribution in [3.63, 3.8) is 0 Å². The van der Waals surface area contributed by atoms with Crippen LogP contribution in [0.3, 0.4) is 0 Å². The summed E-state index contributed by atoms with van der Waals surface area (Å²) in [6.07, 6.45) is -0.447. The van der Waals surface area contributed by atoms with E-state index < -0.39 is 22.0 Å². The first-order chi connectivity index (χ1) is 18.7. The third-order valence-corrected chi connectivity index (χ3v) is 9.76. The first-order valence-corrected chi connectivity index (χ1v) is 15.3. The summed E-state index contributed by atoms with van der Waals surface area (Å²) in [5.41, 5.74) is 2.07. The predicted molar refractivity (Wildman–Crippen MR) is 150 cm³/mol. The number of carbonyl (C=O) groups excluding carboxylic acids is 2. The summed E-state index contributed by atoms with van der Waals surface area (Å²) in [4.78, 5) is 31.5. The number of halogens is 1. The molecule has 13 heteroatoms. The minimum atomic E-state index is -3.79. The van der Waals surface area contributed by atoms with Crippen LogP contribution < -0.4 is 4.80 Å². The maximum absolute atomic E-state index is 13.1. The molecule has 0 N–H and O–H groups in total. The number of sulfonamides is 1. The summed E-state index contributed by atoms with van der Waals surface area (Å²) < 4.78 is 41.0. The molecule has 2 aromatic carbocycles. The molecule has 0 bridgehead atoms. The SMILES string of the molecule is CCOCCn1c(=NC(=O)c2ccc(S(=O)(=O)N3CCN(C(=O)OCC)CC3)cc2)sc2ccc(Cl)c(C)c21. The van der Waals surface area contributed by atoms with Crippen molar-refractivity contribution >= 4 is 55.2 Å². The lowest BCUT2D eigenvalue weighted by Gasteiger charge is -2.33. The van der Waals surface area contributed by atoms with Crippen molar-refractivity contribution in [3.05, 3.63) is 57.3 Å². The van der Waals surface area contributed by atoms with Crippen LogP contribution in [0.2, 0.25) is 5.02 Å². The van der Waals surface area contributed by atoms with Gasteiger partial charge in [-0.25, -0.2) is 13.2 Å². The molecule has 1 fully saturated rings. The van der Waals surface area contributed by atoms with Crippen LogP contribution in [-0.2, 0) is 26.0 Å². The number of aromatic nitrogens is 1. The van der Waals surface area contributed by atoms with Crippen LogP contribution in [0.15, 0.2) is 46.3 Å². The quantitative estimate of drug-likeness (QED) is 0.366. The number of piperazine rings is 1. The second-order valence-electron chi connectivity index (χ2n) is 8.78. The monoisotopic (exact) mass is 594 g/mol. The van der Waals surface area contributed by atoms with Gasteiger partial charge in [-0.2, -0.15) is 9.30 Å². The van der Waals surface area contributed by atoms with Crippen molar-refractivity contribution < 1.29 is 27.5 Å². The highest BCUT2D eigenvalue weighted by atomic mass is 35.5. The number of benzene rings is 2. The van der Waals surface area contributed by atoms with Crippen LogP contribution in [0.5, 0.6) is 0 Å². The fourth-order valence-corrected chi connectivity index (χ4v) is 6.99. The zero-order valence-corrected chi connectivity index (χ0v) is 24.4. The van der Waals surface area contributed by atoms with Crippen LogP contribution >= 0.6 is 22.9 Å². The number of hydrogen-bond acceptors (Lipinski definition) is 7. The van der Waals surface area contributed by atoms with Gasteiger partial charge in [-0.3, -0.25) is 4.79 Å². The van der Waals surface area contributed by atoms with Gasteiger partial charge in [0, 0.05) is 49.9 Å². The standard InChI is InChI=1S/C26H31ClN4O6S2/c1-4-36-17-16-31-23-18(3)21(27)10-11-22(23)38-25(31)28-24(32)19-6-8-20(9-7-19)39(34,35)30-14-12-29(13-15-30)26(33)37-5-2/h6-11H,4-5,12-17H2,1-3H3. The molecule has 1 aliphatic rings. The molecule has 0 atom stereocenters. The summed E-state index contributed by atoms with van der Waals surface area (Å²) in [5.74, 6) is -0.484. The van der Waals surface area contributed by atoms with E-state index in [4.69, 9.17) is 21.1 Å². The minimum absolute atomic E-state index is 0.0718. The van der Waals surface area contributed by atoms with Gasteiger partial charge in [0.25, 0.3) is 5.91 Å². The van der Waals surface area contributed by atoms with Crippen molar-refractivity contribution in [2.24, 2.45) is 4.99 Å². The molecule has 1 saturated heterocycles. The molecule has 1 aliphatic heterocycles. The molecule has 210 valence electrons. The molecule has 0 saturated carbocycles. The zero-order chi connectivity index (χ0) is 28.2. The Bertz CT molecular complexity index is 1520. The molecule has 2 amide bonds. The molecule has 2 heterocycles. The number of nitrogens with zero attached hydrogens (tertiary/aromatic N) is 4. The van der Waals surface area contributed by atoms with Crippen molar-refractivity contribution in [2.75, 3.05) is 46.0 Å². The molecule has 10 nitrogen and oxygen atoms in total. The van der Waals surface area contributed by atoms with E-state index >= 15 is 0 Å². The third-order valence-electron chi connectivity index (χ3n) is 6.39. The van der Waals surface area contributed by atoms with Crippen LogP contribution in [0, 0.1) is 6.92 Å². The summed E-state index contributed by atoms with van der Waals surface area (Å²) in [6, 6.07) is 9.48. The van der Waals surface area contributed by atoms with Gasteiger partial charge < -0.3 is 18.9 Å². The number of hydrogen-bond donors (Lipinski definition) is 0. The highest BCUT2D eigenvalue weighted by molar-refractivity contribution is 7.89. The van der Waals surface area contributed by atoms with E-state index in [0.717, 1.165) is 15.8 Å². The van der Waals surface area contributed by atoms with Gasteiger partial charge >= 0.3 is 6.09 Å². The molecule has 0 aliphatic carbocycles. The Morgan fingerprint density at radius 3 is 2.36 bits per heavy atom. The minimum Gasteiger partial charge on any atom is -0.450 e. The Morgan fingerprint density at radius 2 is 1.72 bits per heavy atom. The van der Waals surface area contributed by atoms with Crippen LogP contribution in [0.25, 0.3) is 10.2 Å². The van der Waals surface area contributed by atoms with E-state index in [1.54, 1.807) is 6.92 Å². The van der Waals surface area contributed by atoms with Crippen LogP contribution in [0.1, 0.15) is 29.8 Å². The Kier molecular flexibility index (Phi) is 9.44. The molecule has 0 radical (unpaired) electrons. The fraction of sp³-hybridized carbons (Fsp3) is 0.423. The lowest BCUT2D eigenvalue weighted by atomic mass is 10.2. The summed E-state index contributed by atoms with van der Waals surface area (Å²) in [5, 5.41) is 0.627. The number of fused-ring (bicyclic) bond motifs is 1. The molecule has 4 rings (SSSR count). The lowest BCUT2D eigenvalue weighted by Crippen LogP contribution is -2.50. The Balaban J connectivity index is 1.55. The van der Waals surface area contributed by atoms with E-state index in [-0.39, 0.29) is 43.2 Å². The smallest absolute Gasteiger partial charge is 0.409 e. The molecular weight excluding hydrogens is 564 g/mol. The van der Waals surface area contributed by atoms with Gasteiger partial charge in [-0.05, 0) is 62.7 Å². The van der Waals surface area contributed by atoms with E-state index in [2.05, 4.69) is 4.99 Å². The van der Waals surface area contributed by atoms with E-state index in [1.165, 1.54) is 44.8 Å². The highest BCUT2D eigenvalue weighted by Gasteiger charge is 2.30. The zero-order valence-electron chi connectivity index (χ0n) is 22.1. The van der Waals surface area contributed by atoms with Crippen molar-refractivity contribution in [3.8, 4) is 0 Å². The number of aryl methyl sites for hydroxylation is 1. The van der Waals surface area contributed by atoms with Crippen molar-refractivity contribution in [2.45, 2.75) is 32.2 Å². The number of amides is 2. The van der Waals surface area contributed by atoms with Crippen molar-refractivity contribution in [1.29, 1.82) is 0 Å². The lowest BCUT2D eigenvalue weighted by molar-refractivity contribution is 0.0933. The summed E-state index contributed by atoms with van der Waals surface area (Å²) in [7, 11) is -3.79. The number of carbonyl (C=O) groups is 2. The number of ether oxygens (including phenoxy) is 2. The van der Waals surface area contributed by atoms with Crippen molar-refractivity contribution in [1.82, 2.24) is 13.8 Å². The van der Waals surface area contributed by atoms with Gasteiger partial charge in [-0.1, -0.05) is 22.9 Å². The van der Waals surface area contributed by atoms with E-state index in [9.17, 15) is 18.0 Å². The first kappa shape index (κ1) is 29.2. The van der Waals surface area contributed by atoms with Gasteiger partial charge in [-0.15, -0.1) is 0 Å². The number of rotatable bonds is 8. The molecule has 3 aromatic rings. The van der Waals surface area contributed by atoms with Gasteiger partial charge in [0.1, 0.15) is 0 Å². The maximum atomic E-state index is 13.1. The average Bonchev–Trinajstić information content (AvgIpc) is 3.28. The maximum Gasteiger partial charge on any atom is 0.409 e. The predicted octanol–water partition coefficient (Wildman–Crippen LogP) is 3.91.